The van der Waals surface area contributed by atoms with E-state index in [4.69, 9.17) is 9.47 Å². The minimum absolute atomic E-state index is 0.00269. The highest BCUT2D eigenvalue weighted by Gasteiger charge is 2.22. The van der Waals surface area contributed by atoms with E-state index in [0.717, 1.165) is 25.9 Å². The highest BCUT2D eigenvalue weighted by Crippen LogP contribution is 2.18. The SMILES string of the molecule is COC(OC)C1CCNCC1. The van der Waals surface area contributed by atoms with E-state index < -0.39 is 0 Å². The van der Waals surface area contributed by atoms with Gasteiger partial charge < -0.3 is 14.8 Å². The lowest BCUT2D eigenvalue weighted by Crippen LogP contribution is -2.35. The van der Waals surface area contributed by atoms with Gasteiger partial charge in [0.15, 0.2) is 6.29 Å². The molecule has 0 saturated carbocycles. The molecule has 0 atom stereocenters. The van der Waals surface area contributed by atoms with Crippen molar-refractivity contribution in [2.75, 3.05) is 27.3 Å². The predicted molar refractivity (Wildman–Crippen MR) is 43.4 cm³/mol. The van der Waals surface area contributed by atoms with Crippen molar-refractivity contribution in [3.8, 4) is 0 Å². The zero-order valence-electron chi connectivity index (χ0n) is 7.30. The van der Waals surface area contributed by atoms with Crippen LogP contribution < -0.4 is 5.32 Å². The second-order valence-electron chi connectivity index (χ2n) is 2.93. The molecule has 0 radical (unpaired) electrons. The summed E-state index contributed by atoms with van der Waals surface area (Å²) in [6, 6.07) is 0. The first kappa shape index (κ1) is 8.97. The topological polar surface area (TPSA) is 30.5 Å². The van der Waals surface area contributed by atoms with Gasteiger partial charge >= 0.3 is 0 Å². The number of piperidine rings is 1. The summed E-state index contributed by atoms with van der Waals surface area (Å²) in [7, 11) is 3.41. The van der Waals surface area contributed by atoms with E-state index in [0.29, 0.717) is 5.92 Å². The van der Waals surface area contributed by atoms with Gasteiger partial charge in [0, 0.05) is 20.1 Å². The molecule has 1 aliphatic rings. The molecule has 0 aromatic heterocycles. The van der Waals surface area contributed by atoms with Crippen LogP contribution in [0.25, 0.3) is 0 Å². The molecule has 0 amide bonds. The minimum atomic E-state index is -0.00269. The molecule has 0 aromatic carbocycles. The van der Waals surface area contributed by atoms with Gasteiger partial charge in [-0.1, -0.05) is 0 Å². The Morgan fingerprint density at radius 3 is 2.18 bits per heavy atom. The standard InChI is InChI=1S/C8H17NO2/c1-10-8(11-2)7-3-5-9-6-4-7/h7-9H,3-6H2,1-2H3. The van der Waals surface area contributed by atoms with Crippen molar-refractivity contribution in [2.24, 2.45) is 5.92 Å². The maximum absolute atomic E-state index is 5.19. The van der Waals surface area contributed by atoms with Crippen LogP contribution in [0.1, 0.15) is 12.8 Å². The summed E-state index contributed by atoms with van der Waals surface area (Å²) < 4.78 is 10.4. The fourth-order valence-electron chi connectivity index (χ4n) is 1.60. The van der Waals surface area contributed by atoms with Crippen molar-refractivity contribution in [2.45, 2.75) is 19.1 Å². The average Bonchev–Trinajstić information content (AvgIpc) is 2.09. The number of methoxy groups -OCH3 is 2. The number of hydrogen-bond acceptors (Lipinski definition) is 3. The van der Waals surface area contributed by atoms with E-state index in [1.54, 1.807) is 14.2 Å². The highest BCUT2D eigenvalue weighted by molar-refractivity contribution is 4.70. The Bertz CT molecular complexity index is 98.3. The first-order chi connectivity index (χ1) is 5.38. The molecule has 1 fully saturated rings. The summed E-state index contributed by atoms with van der Waals surface area (Å²) in [5.41, 5.74) is 0. The highest BCUT2D eigenvalue weighted by atomic mass is 16.7. The average molecular weight is 159 g/mol. The molecular weight excluding hydrogens is 142 g/mol. The molecule has 0 aliphatic carbocycles. The first-order valence-corrected chi connectivity index (χ1v) is 4.14. The van der Waals surface area contributed by atoms with Crippen LogP contribution in [0.2, 0.25) is 0 Å². The minimum Gasteiger partial charge on any atom is -0.356 e. The van der Waals surface area contributed by atoms with Crippen LogP contribution in [0.15, 0.2) is 0 Å². The Kier molecular flexibility index (Phi) is 3.83. The first-order valence-electron chi connectivity index (χ1n) is 4.14. The van der Waals surface area contributed by atoms with Crippen LogP contribution in [-0.2, 0) is 9.47 Å². The van der Waals surface area contributed by atoms with Crippen molar-refractivity contribution in [1.82, 2.24) is 5.32 Å². The summed E-state index contributed by atoms with van der Waals surface area (Å²) in [6.45, 7) is 2.18. The quantitative estimate of drug-likeness (QED) is 0.612. The lowest BCUT2D eigenvalue weighted by Gasteiger charge is -2.28. The molecule has 11 heavy (non-hydrogen) atoms. The van der Waals surface area contributed by atoms with Gasteiger partial charge in [-0.2, -0.15) is 0 Å². The molecule has 0 aromatic rings. The van der Waals surface area contributed by atoms with E-state index in [2.05, 4.69) is 5.32 Å². The number of ether oxygens (including phenoxy) is 2. The molecular formula is C8H17NO2. The molecule has 3 heteroatoms. The van der Waals surface area contributed by atoms with Gasteiger partial charge in [0.1, 0.15) is 0 Å². The second-order valence-corrected chi connectivity index (χ2v) is 2.93. The smallest absolute Gasteiger partial charge is 0.159 e. The molecule has 0 spiro atoms. The van der Waals surface area contributed by atoms with Gasteiger partial charge in [-0.3, -0.25) is 0 Å². The lowest BCUT2D eigenvalue weighted by molar-refractivity contribution is -0.142. The predicted octanol–water partition coefficient (Wildman–Crippen LogP) is 0.605. The van der Waals surface area contributed by atoms with Gasteiger partial charge in [0.2, 0.25) is 0 Å². The van der Waals surface area contributed by atoms with Crippen LogP contribution in [-0.4, -0.2) is 33.6 Å². The lowest BCUT2D eigenvalue weighted by atomic mass is 9.97. The van der Waals surface area contributed by atoms with E-state index >= 15 is 0 Å². The van der Waals surface area contributed by atoms with Gasteiger partial charge in [-0.25, -0.2) is 0 Å². The fourth-order valence-corrected chi connectivity index (χ4v) is 1.60. The van der Waals surface area contributed by atoms with Gasteiger partial charge in [0.25, 0.3) is 0 Å². The summed E-state index contributed by atoms with van der Waals surface area (Å²) in [4.78, 5) is 0. The molecule has 3 nitrogen and oxygen atoms in total. The summed E-state index contributed by atoms with van der Waals surface area (Å²) >= 11 is 0. The van der Waals surface area contributed by atoms with Crippen molar-refractivity contribution < 1.29 is 9.47 Å². The van der Waals surface area contributed by atoms with E-state index in [-0.39, 0.29) is 6.29 Å². The van der Waals surface area contributed by atoms with Gasteiger partial charge in [-0.05, 0) is 25.9 Å². The van der Waals surface area contributed by atoms with Crippen LogP contribution in [0.4, 0.5) is 0 Å². The molecule has 66 valence electrons. The van der Waals surface area contributed by atoms with Crippen molar-refractivity contribution in [3.05, 3.63) is 0 Å². The van der Waals surface area contributed by atoms with Gasteiger partial charge in [0.05, 0.1) is 0 Å². The zero-order chi connectivity index (χ0) is 8.10. The van der Waals surface area contributed by atoms with E-state index in [1.807, 2.05) is 0 Å². The molecule has 1 aliphatic heterocycles. The third kappa shape index (κ3) is 2.43. The maximum atomic E-state index is 5.19. The number of rotatable bonds is 3. The largest absolute Gasteiger partial charge is 0.356 e. The van der Waals surface area contributed by atoms with Gasteiger partial charge in [-0.15, -0.1) is 0 Å². The number of nitrogens with one attached hydrogen (secondary N) is 1. The molecule has 0 unspecified atom stereocenters. The monoisotopic (exact) mass is 159 g/mol. The Morgan fingerprint density at radius 1 is 1.18 bits per heavy atom. The second kappa shape index (κ2) is 4.70. The fraction of sp³-hybridized carbons (Fsp3) is 1.00. The van der Waals surface area contributed by atoms with E-state index in [9.17, 15) is 0 Å². The summed E-state index contributed by atoms with van der Waals surface area (Å²) in [5.74, 6) is 0.575. The molecule has 0 bridgehead atoms. The van der Waals surface area contributed by atoms with Crippen molar-refractivity contribution >= 4 is 0 Å². The Labute approximate surface area is 68.1 Å². The molecule has 1 rings (SSSR count). The number of hydrogen-bond donors (Lipinski definition) is 1. The van der Waals surface area contributed by atoms with E-state index in [1.165, 1.54) is 0 Å². The third-order valence-corrected chi connectivity index (χ3v) is 2.23. The third-order valence-electron chi connectivity index (χ3n) is 2.23. The zero-order valence-corrected chi connectivity index (χ0v) is 7.30. The van der Waals surface area contributed by atoms with Crippen LogP contribution in [0.3, 0.4) is 0 Å². The summed E-state index contributed by atoms with van der Waals surface area (Å²) in [5, 5.41) is 3.31. The van der Waals surface area contributed by atoms with Crippen LogP contribution in [0.5, 0.6) is 0 Å². The normalized spacial score (nSPS) is 21.0. The molecule has 1 heterocycles. The molecule has 1 N–H and O–H groups in total. The van der Waals surface area contributed by atoms with Crippen molar-refractivity contribution in [3.63, 3.8) is 0 Å². The molecule has 1 saturated heterocycles. The Morgan fingerprint density at radius 2 is 1.73 bits per heavy atom. The van der Waals surface area contributed by atoms with Crippen LogP contribution in [0, 0.1) is 5.92 Å². The van der Waals surface area contributed by atoms with Crippen molar-refractivity contribution in [1.29, 1.82) is 0 Å². The summed E-state index contributed by atoms with van der Waals surface area (Å²) in [6.07, 6.45) is 2.32. The van der Waals surface area contributed by atoms with Crippen LogP contribution >= 0.6 is 0 Å². The maximum Gasteiger partial charge on any atom is 0.159 e. The Balaban J connectivity index is 2.30. The Hall–Kier alpha value is -0.120.